The second kappa shape index (κ2) is 8.81. The maximum absolute atomic E-state index is 5.75. The van der Waals surface area contributed by atoms with Crippen LogP contribution < -0.4 is 14.8 Å². The molecule has 1 aliphatic rings. The van der Waals surface area contributed by atoms with Crippen LogP contribution in [0.15, 0.2) is 30.4 Å². The summed E-state index contributed by atoms with van der Waals surface area (Å²) in [6.07, 6.45) is 2.43. The summed E-state index contributed by atoms with van der Waals surface area (Å²) >= 11 is 0. The monoisotopic (exact) mass is 305 g/mol. The predicted octanol–water partition coefficient (Wildman–Crippen LogP) is 3.17. The van der Waals surface area contributed by atoms with Crippen molar-refractivity contribution in [3.8, 4) is 11.5 Å². The fraction of sp³-hybridized carbons (Fsp3) is 0.556. The van der Waals surface area contributed by atoms with E-state index in [0.717, 1.165) is 43.4 Å². The average molecular weight is 305 g/mol. The SMILES string of the molecule is C=C(C)COc1cc(CNCC2CCCOC2)ccc1OC. The average Bonchev–Trinajstić information content (AvgIpc) is 2.54. The van der Waals surface area contributed by atoms with Gasteiger partial charge in [-0.25, -0.2) is 0 Å². The van der Waals surface area contributed by atoms with Crippen LogP contribution in [0.25, 0.3) is 0 Å². The smallest absolute Gasteiger partial charge is 0.161 e. The molecular formula is C18H27NO3. The van der Waals surface area contributed by atoms with Crippen LogP contribution in [0.4, 0.5) is 0 Å². The van der Waals surface area contributed by atoms with Gasteiger partial charge in [-0.3, -0.25) is 0 Å². The van der Waals surface area contributed by atoms with E-state index in [-0.39, 0.29) is 0 Å². The van der Waals surface area contributed by atoms with E-state index in [2.05, 4.69) is 18.0 Å². The third-order valence-corrected chi connectivity index (χ3v) is 3.72. The van der Waals surface area contributed by atoms with Crippen LogP contribution in [-0.4, -0.2) is 33.5 Å². The zero-order valence-corrected chi connectivity index (χ0v) is 13.7. The van der Waals surface area contributed by atoms with Gasteiger partial charge in [0.1, 0.15) is 6.61 Å². The molecule has 0 aliphatic carbocycles. The number of nitrogens with one attached hydrogen (secondary N) is 1. The molecule has 1 N–H and O–H groups in total. The lowest BCUT2D eigenvalue weighted by atomic mass is 10.0. The molecular weight excluding hydrogens is 278 g/mol. The highest BCUT2D eigenvalue weighted by Gasteiger charge is 2.13. The molecule has 0 saturated carbocycles. The fourth-order valence-electron chi connectivity index (χ4n) is 2.53. The minimum Gasteiger partial charge on any atom is -0.493 e. The molecule has 1 atom stereocenters. The number of hydrogen-bond donors (Lipinski definition) is 1. The van der Waals surface area contributed by atoms with Gasteiger partial charge in [0, 0.05) is 19.7 Å². The zero-order chi connectivity index (χ0) is 15.8. The molecule has 0 amide bonds. The van der Waals surface area contributed by atoms with Crippen molar-refractivity contribution in [3.05, 3.63) is 35.9 Å². The Bertz CT molecular complexity index is 481. The molecule has 1 saturated heterocycles. The first-order valence-electron chi connectivity index (χ1n) is 7.91. The van der Waals surface area contributed by atoms with Gasteiger partial charge < -0.3 is 19.5 Å². The Morgan fingerprint density at radius 3 is 2.95 bits per heavy atom. The highest BCUT2D eigenvalue weighted by molar-refractivity contribution is 5.43. The van der Waals surface area contributed by atoms with Gasteiger partial charge >= 0.3 is 0 Å². The molecule has 22 heavy (non-hydrogen) atoms. The standard InChI is InChI=1S/C18H27NO3/c1-14(2)12-22-18-9-15(6-7-17(18)20-3)10-19-11-16-5-4-8-21-13-16/h6-7,9,16,19H,1,4-5,8,10-13H2,2-3H3. The second-order valence-electron chi connectivity index (χ2n) is 5.95. The van der Waals surface area contributed by atoms with E-state index in [1.165, 1.54) is 18.4 Å². The van der Waals surface area contributed by atoms with Crippen molar-refractivity contribution in [2.45, 2.75) is 26.3 Å². The van der Waals surface area contributed by atoms with Crippen molar-refractivity contribution >= 4 is 0 Å². The summed E-state index contributed by atoms with van der Waals surface area (Å²) in [5.74, 6) is 2.16. The molecule has 0 spiro atoms. The Balaban J connectivity index is 1.87. The van der Waals surface area contributed by atoms with Crippen LogP contribution >= 0.6 is 0 Å². The number of methoxy groups -OCH3 is 1. The van der Waals surface area contributed by atoms with Crippen LogP contribution in [0.5, 0.6) is 11.5 Å². The quantitative estimate of drug-likeness (QED) is 0.749. The van der Waals surface area contributed by atoms with E-state index in [1.54, 1.807) is 7.11 Å². The maximum Gasteiger partial charge on any atom is 0.161 e. The summed E-state index contributed by atoms with van der Waals surface area (Å²) in [4.78, 5) is 0. The molecule has 1 aromatic carbocycles. The summed E-state index contributed by atoms with van der Waals surface area (Å²) < 4.78 is 16.6. The topological polar surface area (TPSA) is 39.7 Å². The van der Waals surface area contributed by atoms with Crippen LogP contribution in [0, 0.1) is 5.92 Å². The third-order valence-electron chi connectivity index (χ3n) is 3.72. The van der Waals surface area contributed by atoms with Gasteiger partial charge in [0.15, 0.2) is 11.5 Å². The largest absolute Gasteiger partial charge is 0.493 e. The molecule has 0 aromatic heterocycles. The molecule has 0 bridgehead atoms. The van der Waals surface area contributed by atoms with Gasteiger partial charge in [0.25, 0.3) is 0 Å². The first-order chi connectivity index (χ1) is 10.7. The number of hydrogen-bond acceptors (Lipinski definition) is 4. The van der Waals surface area contributed by atoms with Crippen molar-refractivity contribution in [3.63, 3.8) is 0 Å². The summed E-state index contributed by atoms with van der Waals surface area (Å²) in [6.45, 7) is 9.92. The van der Waals surface area contributed by atoms with E-state index in [9.17, 15) is 0 Å². The maximum atomic E-state index is 5.75. The molecule has 1 fully saturated rings. The van der Waals surface area contributed by atoms with Crippen molar-refractivity contribution in [1.29, 1.82) is 0 Å². The third kappa shape index (κ3) is 5.35. The number of benzene rings is 1. The Morgan fingerprint density at radius 2 is 2.27 bits per heavy atom. The lowest BCUT2D eigenvalue weighted by Crippen LogP contribution is -2.28. The van der Waals surface area contributed by atoms with Gasteiger partial charge in [-0.15, -0.1) is 0 Å². The molecule has 0 radical (unpaired) electrons. The van der Waals surface area contributed by atoms with Crippen molar-refractivity contribution in [1.82, 2.24) is 5.32 Å². The van der Waals surface area contributed by atoms with Gasteiger partial charge in [0.05, 0.1) is 13.7 Å². The number of ether oxygens (including phenoxy) is 3. The van der Waals surface area contributed by atoms with Crippen molar-refractivity contribution in [2.75, 3.05) is 33.5 Å². The molecule has 122 valence electrons. The zero-order valence-electron chi connectivity index (χ0n) is 13.7. The molecule has 4 heteroatoms. The predicted molar refractivity (Wildman–Crippen MR) is 88.6 cm³/mol. The van der Waals surface area contributed by atoms with Gasteiger partial charge in [-0.05, 0) is 49.0 Å². The fourth-order valence-corrected chi connectivity index (χ4v) is 2.53. The van der Waals surface area contributed by atoms with Gasteiger partial charge in [-0.1, -0.05) is 12.6 Å². The van der Waals surface area contributed by atoms with Crippen molar-refractivity contribution in [2.24, 2.45) is 5.92 Å². The minimum absolute atomic E-state index is 0.507. The van der Waals surface area contributed by atoms with Gasteiger partial charge in [0.2, 0.25) is 0 Å². The molecule has 1 heterocycles. The van der Waals surface area contributed by atoms with Crippen molar-refractivity contribution < 1.29 is 14.2 Å². The van der Waals surface area contributed by atoms with Crippen LogP contribution in [0.2, 0.25) is 0 Å². The summed E-state index contributed by atoms with van der Waals surface area (Å²) in [7, 11) is 1.66. The van der Waals surface area contributed by atoms with E-state index in [4.69, 9.17) is 14.2 Å². The van der Waals surface area contributed by atoms with E-state index < -0.39 is 0 Å². The second-order valence-corrected chi connectivity index (χ2v) is 5.95. The Hall–Kier alpha value is -1.52. The molecule has 1 aliphatic heterocycles. The lowest BCUT2D eigenvalue weighted by molar-refractivity contribution is 0.0547. The Morgan fingerprint density at radius 1 is 1.41 bits per heavy atom. The minimum atomic E-state index is 0.507. The van der Waals surface area contributed by atoms with Crippen LogP contribution in [0.1, 0.15) is 25.3 Å². The summed E-state index contributed by atoms with van der Waals surface area (Å²) in [5, 5.41) is 3.51. The van der Waals surface area contributed by atoms with E-state index in [0.29, 0.717) is 12.5 Å². The highest BCUT2D eigenvalue weighted by atomic mass is 16.5. The highest BCUT2D eigenvalue weighted by Crippen LogP contribution is 2.28. The normalized spacial score (nSPS) is 18.0. The van der Waals surface area contributed by atoms with Crippen LogP contribution in [0.3, 0.4) is 0 Å². The first kappa shape index (κ1) is 16.8. The Labute approximate surface area is 133 Å². The summed E-state index contributed by atoms with van der Waals surface area (Å²) in [5.41, 5.74) is 2.18. The van der Waals surface area contributed by atoms with Gasteiger partial charge in [-0.2, -0.15) is 0 Å². The molecule has 1 unspecified atom stereocenters. The Kier molecular flexibility index (Phi) is 6.74. The molecule has 1 aromatic rings. The molecule has 2 rings (SSSR count). The first-order valence-corrected chi connectivity index (χ1v) is 7.91. The molecule has 4 nitrogen and oxygen atoms in total. The number of rotatable bonds is 8. The van der Waals surface area contributed by atoms with E-state index >= 15 is 0 Å². The van der Waals surface area contributed by atoms with E-state index in [1.807, 2.05) is 19.1 Å². The van der Waals surface area contributed by atoms with Crippen LogP contribution in [-0.2, 0) is 11.3 Å². The summed E-state index contributed by atoms with van der Waals surface area (Å²) in [6, 6.07) is 6.05. The lowest BCUT2D eigenvalue weighted by Gasteiger charge is -2.22.